The molecule has 3 aromatic rings. The summed E-state index contributed by atoms with van der Waals surface area (Å²) in [6.45, 7) is 5.69. The van der Waals surface area contributed by atoms with E-state index >= 15 is 0 Å². The largest absolute Gasteiger partial charge is 0.379 e. The monoisotopic (exact) mass is 426 g/mol. The van der Waals surface area contributed by atoms with Crippen LogP contribution >= 0.6 is 11.3 Å². The molecular weight excluding hydrogens is 400 g/mol. The Labute approximate surface area is 180 Å². The van der Waals surface area contributed by atoms with Crippen molar-refractivity contribution >= 4 is 17.2 Å². The highest BCUT2D eigenvalue weighted by molar-refractivity contribution is 7.10. The minimum Gasteiger partial charge on any atom is -0.379 e. The van der Waals surface area contributed by atoms with E-state index in [0.717, 1.165) is 18.7 Å². The van der Waals surface area contributed by atoms with Crippen LogP contribution in [-0.2, 0) is 22.6 Å². The Kier molecular flexibility index (Phi) is 6.51. The molecule has 8 nitrogen and oxygen atoms in total. The average molecular weight is 427 g/mol. The van der Waals surface area contributed by atoms with Gasteiger partial charge in [0.15, 0.2) is 5.82 Å². The number of aromatic nitrogens is 4. The van der Waals surface area contributed by atoms with E-state index in [1.807, 2.05) is 25.2 Å². The topological polar surface area (TPSA) is 76.4 Å². The van der Waals surface area contributed by atoms with Crippen molar-refractivity contribution in [1.82, 2.24) is 30.0 Å². The summed E-state index contributed by atoms with van der Waals surface area (Å²) >= 11 is 1.67. The molecule has 0 radical (unpaired) electrons. The van der Waals surface area contributed by atoms with Gasteiger partial charge in [0.1, 0.15) is 6.54 Å². The fraction of sp³-hybridized carbons (Fsp3) is 0.429. The van der Waals surface area contributed by atoms with Gasteiger partial charge in [-0.15, -0.1) is 16.4 Å². The molecule has 0 N–H and O–H groups in total. The van der Waals surface area contributed by atoms with Gasteiger partial charge in [-0.05, 0) is 39.9 Å². The molecule has 0 bridgehead atoms. The van der Waals surface area contributed by atoms with Crippen molar-refractivity contribution in [3.05, 3.63) is 63.6 Å². The number of hydrogen-bond donors (Lipinski definition) is 0. The van der Waals surface area contributed by atoms with Gasteiger partial charge in [-0.25, -0.2) is 4.68 Å². The van der Waals surface area contributed by atoms with Crippen LogP contribution in [0.4, 0.5) is 0 Å². The number of ether oxygens (including phenoxy) is 1. The Morgan fingerprint density at radius 1 is 1.23 bits per heavy atom. The first-order valence-corrected chi connectivity index (χ1v) is 10.9. The molecule has 0 saturated carbocycles. The van der Waals surface area contributed by atoms with E-state index in [9.17, 15) is 4.79 Å². The van der Waals surface area contributed by atoms with Crippen LogP contribution in [-0.4, -0.2) is 69.3 Å². The predicted octanol–water partition coefficient (Wildman–Crippen LogP) is 2.12. The van der Waals surface area contributed by atoms with Crippen molar-refractivity contribution in [2.75, 3.05) is 33.4 Å². The Morgan fingerprint density at radius 3 is 2.70 bits per heavy atom. The molecule has 1 unspecified atom stereocenters. The number of tetrazole rings is 1. The van der Waals surface area contributed by atoms with Gasteiger partial charge in [0.2, 0.25) is 5.91 Å². The fourth-order valence-corrected chi connectivity index (χ4v) is 4.59. The van der Waals surface area contributed by atoms with Crippen molar-refractivity contribution in [3.63, 3.8) is 0 Å². The number of amides is 1. The molecule has 1 fully saturated rings. The second-order valence-electron chi connectivity index (χ2n) is 7.43. The van der Waals surface area contributed by atoms with Crippen LogP contribution in [0.25, 0.3) is 0 Å². The van der Waals surface area contributed by atoms with E-state index < -0.39 is 0 Å². The first-order chi connectivity index (χ1) is 14.6. The van der Waals surface area contributed by atoms with Gasteiger partial charge in [-0.2, -0.15) is 0 Å². The SMILES string of the molecule is Cc1ccsc1CN(C)C(=O)Cn1nnnc1C(c1ccccc1)N1CCOCC1. The van der Waals surface area contributed by atoms with Gasteiger partial charge >= 0.3 is 0 Å². The van der Waals surface area contributed by atoms with Crippen LogP contribution < -0.4 is 0 Å². The number of morpholine rings is 1. The van der Waals surface area contributed by atoms with Gasteiger partial charge < -0.3 is 9.64 Å². The number of hydrogen-bond acceptors (Lipinski definition) is 7. The van der Waals surface area contributed by atoms with Gasteiger partial charge in [-0.3, -0.25) is 9.69 Å². The minimum absolute atomic E-state index is 0.0230. The maximum absolute atomic E-state index is 12.9. The van der Waals surface area contributed by atoms with Crippen LogP contribution in [0.1, 0.15) is 27.9 Å². The lowest BCUT2D eigenvalue weighted by molar-refractivity contribution is -0.131. The van der Waals surface area contributed by atoms with E-state index in [1.54, 1.807) is 20.9 Å². The normalized spacial score (nSPS) is 15.8. The molecule has 30 heavy (non-hydrogen) atoms. The predicted molar refractivity (Wildman–Crippen MR) is 114 cm³/mol. The lowest BCUT2D eigenvalue weighted by Gasteiger charge is -2.34. The number of likely N-dealkylation sites (N-methyl/N-ethyl adjacent to an activating group) is 1. The smallest absolute Gasteiger partial charge is 0.244 e. The lowest BCUT2D eigenvalue weighted by Crippen LogP contribution is -2.41. The number of rotatable bonds is 7. The van der Waals surface area contributed by atoms with Crippen molar-refractivity contribution in [2.24, 2.45) is 0 Å². The van der Waals surface area contributed by atoms with E-state index in [0.29, 0.717) is 25.6 Å². The van der Waals surface area contributed by atoms with E-state index in [1.165, 1.54) is 10.4 Å². The molecule has 1 aliphatic heterocycles. The zero-order valence-electron chi connectivity index (χ0n) is 17.3. The van der Waals surface area contributed by atoms with Crippen LogP contribution in [0, 0.1) is 6.92 Å². The molecule has 1 amide bonds. The molecule has 4 rings (SSSR count). The highest BCUT2D eigenvalue weighted by Crippen LogP contribution is 2.27. The lowest BCUT2D eigenvalue weighted by atomic mass is 10.0. The van der Waals surface area contributed by atoms with E-state index in [4.69, 9.17) is 4.74 Å². The minimum atomic E-state index is -0.122. The molecule has 1 saturated heterocycles. The van der Waals surface area contributed by atoms with Gasteiger partial charge in [0.25, 0.3) is 0 Å². The molecule has 0 spiro atoms. The van der Waals surface area contributed by atoms with E-state index in [-0.39, 0.29) is 18.5 Å². The molecule has 1 aromatic carbocycles. The zero-order valence-corrected chi connectivity index (χ0v) is 18.1. The Bertz CT molecular complexity index is 967. The molecule has 1 atom stereocenters. The van der Waals surface area contributed by atoms with Crippen LogP contribution in [0.3, 0.4) is 0 Å². The van der Waals surface area contributed by atoms with Gasteiger partial charge in [-0.1, -0.05) is 30.3 Å². The van der Waals surface area contributed by atoms with Crippen LogP contribution in [0.5, 0.6) is 0 Å². The Balaban J connectivity index is 1.55. The number of nitrogens with zero attached hydrogens (tertiary/aromatic N) is 6. The molecular formula is C21H26N6O2S. The third-order valence-electron chi connectivity index (χ3n) is 5.39. The Morgan fingerprint density at radius 2 is 2.00 bits per heavy atom. The second-order valence-corrected chi connectivity index (χ2v) is 8.43. The molecule has 3 heterocycles. The summed E-state index contributed by atoms with van der Waals surface area (Å²) in [4.78, 5) is 18.2. The van der Waals surface area contributed by atoms with Crippen molar-refractivity contribution in [3.8, 4) is 0 Å². The summed E-state index contributed by atoms with van der Waals surface area (Å²) in [5, 5.41) is 14.4. The number of benzene rings is 1. The standard InChI is InChI=1S/C21H26N6O2S/c1-16-8-13-30-18(16)14-25(2)19(28)15-27-21(22-23-24-27)20(17-6-4-3-5-7-17)26-9-11-29-12-10-26/h3-8,13,20H,9-12,14-15H2,1-2H3. The van der Waals surface area contributed by atoms with E-state index in [2.05, 4.69) is 50.9 Å². The number of thiophene rings is 1. The molecule has 158 valence electrons. The third-order valence-corrected chi connectivity index (χ3v) is 6.40. The summed E-state index contributed by atoms with van der Waals surface area (Å²) in [6.07, 6.45) is 0. The van der Waals surface area contributed by atoms with Gasteiger partial charge in [0.05, 0.1) is 25.8 Å². The first kappa shape index (κ1) is 20.6. The average Bonchev–Trinajstić information content (AvgIpc) is 3.39. The molecule has 2 aromatic heterocycles. The first-order valence-electron chi connectivity index (χ1n) is 10.0. The summed E-state index contributed by atoms with van der Waals surface area (Å²) in [5.74, 6) is 0.655. The van der Waals surface area contributed by atoms with Crippen LogP contribution in [0.15, 0.2) is 41.8 Å². The van der Waals surface area contributed by atoms with Crippen molar-refractivity contribution in [2.45, 2.75) is 26.1 Å². The summed E-state index contributed by atoms with van der Waals surface area (Å²) < 4.78 is 7.16. The number of carbonyl (C=O) groups is 1. The zero-order chi connectivity index (χ0) is 20.9. The summed E-state index contributed by atoms with van der Waals surface area (Å²) in [6, 6.07) is 12.1. The second kappa shape index (κ2) is 9.46. The highest BCUT2D eigenvalue weighted by atomic mass is 32.1. The van der Waals surface area contributed by atoms with Crippen LogP contribution in [0.2, 0.25) is 0 Å². The summed E-state index contributed by atoms with van der Waals surface area (Å²) in [5.41, 5.74) is 2.31. The number of aryl methyl sites for hydroxylation is 1. The quantitative estimate of drug-likeness (QED) is 0.576. The highest BCUT2D eigenvalue weighted by Gasteiger charge is 2.30. The van der Waals surface area contributed by atoms with Crippen molar-refractivity contribution in [1.29, 1.82) is 0 Å². The maximum Gasteiger partial charge on any atom is 0.244 e. The Hall–Kier alpha value is -2.62. The third kappa shape index (κ3) is 4.58. The summed E-state index contributed by atoms with van der Waals surface area (Å²) in [7, 11) is 1.82. The maximum atomic E-state index is 12.9. The van der Waals surface area contributed by atoms with Crippen molar-refractivity contribution < 1.29 is 9.53 Å². The molecule has 1 aliphatic rings. The molecule has 9 heteroatoms. The van der Waals surface area contributed by atoms with Gasteiger partial charge in [0, 0.05) is 25.0 Å². The fourth-order valence-electron chi connectivity index (χ4n) is 3.63. The number of carbonyl (C=O) groups excluding carboxylic acids is 1. The molecule has 0 aliphatic carbocycles.